The summed E-state index contributed by atoms with van der Waals surface area (Å²) in [6.45, 7) is 13.3. The van der Waals surface area contributed by atoms with E-state index in [2.05, 4.69) is 10.6 Å². The fourth-order valence-corrected chi connectivity index (χ4v) is 7.44. The monoisotopic (exact) mass is 672 g/mol. The van der Waals surface area contributed by atoms with Gasteiger partial charge in [-0.2, -0.15) is 0 Å². The van der Waals surface area contributed by atoms with E-state index in [-0.39, 0.29) is 4.90 Å². The summed E-state index contributed by atoms with van der Waals surface area (Å²) in [5.74, 6) is -1.93. The van der Waals surface area contributed by atoms with E-state index in [4.69, 9.17) is 18.9 Å². The first-order chi connectivity index (χ1) is 23.1. The van der Waals surface area contributed by atoms with Crippen molar-refractivity contribution in [3.8, 4) is 0 Å². The highest BCUT2D eigenvalue weighted by Gasteiger charge is 2.29. The molecule has 0 bridgehead atoms. The summed E-state index contributed by atoms with van der Waals surface area (Å²) in [6.07, 6.45) is 7.30. The van der Waals surface area contributed by atoms with Crippen LogP contribution in [-0.2, 0) is 28.8 Å². The molecule has 4 rings (SSSR count). The number of hydrogen-bond acceptors (Lipinski definition) is 8. The lowest BCUT2D eigenvalue weighted by molar-refractivity contribution is -0.201. The van der Waals surface area contributed by atoms with Gasteiger partial charge in [-0.15, -0.1) is 0 Å². The first-order valence-electron chi connectivity index (χ1n) is 16.4. The van der Waals surface area contributed by atoms with Crippen LogP contribution < -0.4 is 10.6 Å². The third kappa shape index (κ3) is 9.55. The smallest absolute Gasteiger partial charge is 0.246 e. The molecule has 0 aliphatic carbocycles. The average molecular weight is 673 g/mol. The van der Waals surface area contributed by atoms with Gasteiger partial charge in [-0.05, 0) is 74.5 Å². The van der Waals surface area contributed by atoms with Crippen molar-refractivity contribution in [1.29, 1.82) is 0 Å². The Kier molecular flexibility index (Phi) is 13.0. The van der Waals surface area contributed by atoms with E-state index in [0.717, 1.165) is 22.3 Å². The van der Waals surface area contributed by atoms with Crippen LogP contribution in [0, 0.1) is 0 Å². The summed E-state index contributed by atoms with van der Waals surface area (Å²) in [7, 11) is -3.85. The van der Waals surface area contributed by atoms with Gasteiger partial charge in [0.25, 0.3) is 0 Å². The third-order valence-electron chi connectivity index (χ3n) is 7.65. The first kappa shape index (κ1) is 36.8. The fraction of sp³-hybridized carbons (Fsp3) is 0.333. The first-order valence-corrected chi connectivity index (χ1v) is 18.0. The molecule has 48 heavy (non-hydrogen) atoms. The number of rotatable bonds is 18. The molecule has 0 heterocycles. The molecule has 9 heteroatoms. The lowest BCUT2D eigenvalue weighted by atomic mass is 10.1. The van der Waals surface area contributed by atoms with E-state index in [1.165, 1.54) is 0 Å². The maximum absolute atomic E-state index is 14.4. The van der Waals surface area contributed by atoms with E-state index in [1.54, 1.807) is 24.3 Å². The highest BCUT2D eigenvalue weighted by molar-refractivity contribution is 7.92. The summed E-state index contributed by atoms with van der Waals surface area (Å²) in [6, 6.07) is 28.1. The van der Waals surface area contributed by atoms with Gasteiger partial charge in [-0.3, -0.25) is 0 Å². The normalized spacial score (nSPS) is 13.4. The van der Waals surface area contributed by atoms with Crippen molar-refractivity contribution in [2.24, 2.45) is 0 Å². The summed E-state index contributed by atoms with van der Waals surface area (Å²) in [4.78, 5) is 0.288. The standard InChI is InChI=1S/C39H48N2O6S/c1-7-44-38(5,45-8-2)40-33-26-22-30(23-27-33)16-11-14-20-36(48(42,43)37-21-15-18-31-17-12-13-19-35(31)37)32-24-28-34(29-25-32)41-39(6,46-9-3)47-10-4/h11-29,36,40-41H,7-10H2,1-6H3/b16-11+,20-14+. The molecule has 1 atom stereocenters. The second kappa shape index (κ2) is 16.9. The lowest BCUT2D eigenvalue weighted by Crippen LogP contribution is -2.41. The molecule has 1 unspecified atom stereocenters. The molecule has 0 aromatic heterocycles. The zero-order valence-corrected chi connectivity index (χ0v) is 29.5. The van der Waals surface area contributed by atoms with Gasteiger partial charge in [0.05, 0.1) is 4.90 Å². The van der Waals surface area contributed by atoms with Crippen LogP contribution in [0.3, 0.4) is 0 Å². The predicted molar refractivity (Wildman–Crippen MR) is 195 cm³/mol. The number of ether oxygens (including phenoxy) is 4. The fourth-order valence-electron chi connectivity index (χ4n) is 5.59. The van der Waals surface area contributed by atoms with Crippen LogP contribution in [0.15, 0.2) is 114 Å². The second-order valence-electron chi connectivity index (χ2n) is 11.3. The molecule has 4 aromatic carbocycles. The lowest BCUT2D eigenvalue weighted by Gasteiger charge is -2.31. The van der Waals surface area contributed by atoms with Crippen molar-refractivity contribution in [3.05, 3.63) is 120 Å². The quantitative estimate of drug-likeness (QED) is 0.0799. The van der Waals surface area contributed by atoms with Crippen molar-refractivity contribution >= 4 is 38.1 Å². The summed E-state index contributed by atoms with van der Waals surface area (Å²) in [5.41, 5.74) is 3.19. The van der Waals surface area contributed by atoms with Gasteiger partial charge in [0, 0.05) is 57.0 Å². The minimum Gasteiger partial charge on any atom is -0.335 e. The maximum atomic E-state index is 14.4. The number of allylic oxidation sites excluding steroid dienone is 2. The van der Waals surface area contributed by atoms with Crippen LogP contribution in [0.5, 0.6) is 0 Å². The van der Waals surface area contributed by atoms with Gasteiger partial charge in [0.2, 0.25) is 11.8 Å². The number of fused-ring (bicyclic) bond motifs is 1. The molecule has 0 fully saturated rings. The number of hydrogen-bond donors (Lipinski definition) is 2. The zero-order valence-electron chi connectivity index (χ0n) is 28.7. The number of benzene rings is 4. The highest BCUT2D eigenvalue weighted by atomic mass is 32.2. The molecule has 0 aliphatic rings. The minimum absolute atomic E-state index is 0.288. The minimum atomic E-state index is -3.85. The Hall–Kier alpha value is -3.99. The molecule has 256 valence electrons. The highest BCUT2D eigenvalue weighted by Crippen LogP contribution is 2.35. The topological polar surface area (TPSA) is 95.1 Å². The number of anilines is 2. The summed E-state index contributed by atoms with van der Waals surface area (Å²) in [5, 5.41) is 7.19. The molecule has 8 nitrogen and oxygen atoms in total. The van der Waals surface area contributed by atoms with Crippen LogP contribution in [0.1, 0.15) is 57.9 Å². The maximum Gasteiger partial charge on any atom is 0.246 e. The Morgan fingerprint density at radius 3 is 1.69 bits per heavy atom. The Balaban J connectivity index is 1.62. The summed E-state index contributed by atoms with van der Waals surface area (Å²) < 4.78 is 51.8. The van der Waals surface area contributed by atoms with Crippen LogP contribution in [0.4, 0.5) is 11.4 Å². The van der Waals surface area contributed by atoms with Crippen molar-refractivity contribution in [2.75, 3.05) is 37.1 Å². The zero-order chi connectivity index (χ0) is 34.6. The number of sulfone groups is 1. The van der Waals surface area contributed by atoms with Crippen molar-refractivity contribution in [2.45, 2.75) is 63.5 Å². The Bertz CT molecular complexity index is 1750. The summed E-state index contributed by atoms with van der Waals surface area (Å²) >= 11 is 0. The predicted octanol–water partition coefficient (Wildman–Crippen LogP) is 8.94. The molecule has 0 spiro atoms. The molecule has 0 saturated carbocycles. The van der Waals surface area contributed by atoms with E-state index >= 15 is 0 Å². The molecule has 0 saturated heterocycles. The Morgan fingerprint density at radius 1 is 0.646 bits per heavy atom. The van der Waals surface area contributed by atoms with Crippen molar-refractivity contribution in [1.82, 2.24) is 0 Å². The SMILES string of the molecule is CCOC(C)(Nc1ccc(/C=C/C=C/C(c2ccc(NC(C)(OCC)OCC)cc2)S(=O)(=O)c2cccc3ccccc23)cc1)OCC. The van der Waals surface area contributed by atoms with Crippen LogP contribution in [0.2, 0.25) is 0 Å². The molecule has 2 N–H and O–H groups in total. The molecule has 0 amide bonds. The van der Waals surface area contributed by atoms with Crippen LogP contribution in [0.25, 0.3) is 16.8 Å². The largest absolute Gasteiger partial charge is 0.335 e. The van der Waals surface area contributed by atoms with Gasteiger partial charge in [0.1, 0.15) is 5.25 Å². The second-order valence-corrected chi connectivity index (χ2v) is 13.3. The van der Waals surface area contributed by atoms with Gasteiger partial charge < -0.3 is 29.6 Å². The van der Waals surface area contributed by atoms with E-state index in [1.807, 2.05) is 133 Å². The van der Waals surface area contributed by atoms with E-state index in [0.29, 0.717) is 37.4 Å². The molecule has 0 radical (unpaired) electrons. The Labute approximate surface area is 285 Å². The van der Waals surface area contributed by atoms with E-state index in [9.17, 15) is 8.42 Å². The molecule has 0 aliphatic heterocycles. The average Bonchev–Trinajstić information content (AvgIpc) is 3.06. The molecular formula is C39H48N2O6S. The van der Waals surface area contributed by atoms with E-state index < -0.39 is 26.9 Å². The molecular weight excluding hydrogens is 625 g/mol. The van der Waals surface area contributed by atoms with Crippen LogP contribution >= 0.6 is 0 Å². The van der Waals surface area contributed by atoms with Crippen molar-refractivity contribution in [3.63, 3.8) is 0 Å². The van der Waals surface area contributed by atoms with Crippen LogP contribution in [-0.4, -0.2) is 46.7 Å². The number of nitrogens with one attached hydrogen (secondary N) is 2. The Morgan fingerprint density at radius 2 is 1.15 bits per heavy atom. The van der Waals surface area contributed by atoms with Gasteiger partial charge in [-0.25, -0.2) is 8.42 Å². The van der Waals surface area contributed by atoms with Crippen molar-refractivity contribution < 1.29 is 27.4 Å². The van der Waals surface area contributed by atoms with Gasteiger partial charge >= 0.3 is 0 Å². The van der Waals surface area contributed by atoms with Gasteiger partial charge in [-0.1, -0.05) is 85.0 Å². The molecule has 4 aromatic rings. The van der Waals surface area contributed by atoms with Gasteiger partial charge in [0.15, 0.2) is 9.84 Å². The third-order valence-corrected chi connectivity index (χ3v) is 9.71.